The van der Waals surface area contributed by atoms with E-state index in [1.807, 2.05) is 13.1 Å². The van der Waals surface area contributed by atoms with Gasteiger partial charge in [-0.25, -0.2) is 4.98 Å². The molecule has 0 unspecified atom stereocenters. The second kappa shape index (κ2) is 6.20. The minimum absolute atomic E-state index is 0.116. The lowest BCUT2D eigenvalue weighted by Crippen LogP contribution is -2.35. The van der Waals surface area contributed by atoms with Crippen molar-refractivity contribution in [1.82, 2.24) is 20.5 Å². The molecule has 2 aromatic rings. The van der Waals surface area contributed by atoms with Crippen LogP contribution in [-0.4, -0.2) is 20.7 Å². The second-order valence-corrected chi connectivity index (χ2v) is 8.18. The van der Waals surface area contributed by atoms with Crippen LogP contribution in [0.1, 0.15) is 36.9 Å². The molecule has 0 fully saturated rings. The van der Waals surface area contributed by atoms with Crippen LogP contribution in [0.4, 0.5) is 0 Å². The molecule has 0 bridgehead atoms. The van der Waals surface area contributed by atoms with Gasteiger partial charge in [0.25, 0.3) is 0 Å². The fourth-order valence-corrected chi connectivity index (χ4v) is 3.35. The third-order valence-electron chi connectivity index (χ3n) is 2.60. The van der Waals surface area contributed by atoms with Crippen LogP contribution in [0.25, 0.3) is 0 Å². The summed E-state index contributed by atoms with van der Waals surface area (Å²) in [5, 5.41) is 13.6. The lowest BCUT2D eigenvalue weighted by molar-refractivity contribution is 0.424. The van der Waals surface area contributed by atoms with Gasteiger partial charge in [0.2, 0.25) is 0 Å². The van der Waals surface area contributed by atoms with Crippen LogP contribution >= 0.6 is 23.1 Å². The van der Waals surface area contributed by atoms with Gasteiger partial charge in [-0.1, -0.05) is 17.4 Å². The molecular formula is C14H20N4S2. The zero-order valence-corrected chi connectivity index (χ0v) is 14.2. The molecule has 0 aromatic carbocycles. The lowest BCUT2D eigenvalue weighted by Gasteiger charge is -2.20. The van der Waals surface area contributed by atoms with E-state index in [1.54, 1.807) is 23.1 Å². The number of aromatic nitrogens is 3. The average Bonchev–Trinajstić information content (AvgIpc) is 2.74. The van der Waals surface area contributed by atoms with Gasteiger partial charge in [0.1, 0.15) is 10.0 Å². The number of hydrogen-bond acceptors (Lipinski definition) is 6. The highest BCUT2D eigenvalue weighted by Crippen LogP contribution is 2.30. The summed E-state index contributed by atoms with van der Waals surface area (Å²) in [7, 11) is 0. The van der Waals surface area contributed by atoms with Crippen LogP contribution < -0.4 is 5.32 Å². The molecule has 2 aromatic heterocycles. The van der Waals surface area contributed by atoms with Crippen molar-refractivity contribution in [3.8, 4) is 0 Å². The maximum atomic E-state index is 4.55. The summed E-state index contributed by atoms with van der Waals surface area (Å²) < 4.78 is 0.943. The summed E-state index contributed by atoms with van der Waals surface area (Å²) in [4.78, 5) is 4.55. The van der Waals surface area contributed by atoms with Crippen molar-refractivity contribution in [3.63, 3.8) is 0 Å². The van der Waals surface area contributed by atoms with Crippen LogP contribution in [-0.2, 0) is 6.54 Å². The van der Waals surface area contributed by atoms with Crippen molar-refractivity contribution in [2.24, 2.45) is 0 Å². The zero-order valence-electron chi connectivity index (χ0n) is 12.5. The van der Waals surface area contributed by atoms with E-state index in [0.717, 1.165) is 20.9 Å². The van der Waals surface area contributed by atoms with Gasteiger partial charge in [-0.2, -0.15) is 0 Å². The summed E-state index contributed by atoms with van der Waals surface area (Å²) in [6.45, 7) is 11.4. The van der Waals surface area contributed by atoms with Crippen molar-refractivity contribution < 1.29 is 0 Å². The highest BCUT2D eigenvalue weighted by atomic mass is 32.2. The second-order valence-electron chi connectivity index (χ2n) is 5.76. The van der Waals surface area contributed by atoms with E-state index < -0.39 is 0 Å². The number of rotatable bonds is 4. The molecule has 0 saturated carbocycles. The molecule has 1 N–H and O–H groups in total. The number of aryl methyl sites for hydroxylation is 2. The van der Waals surface area contributed by atoms with E-state index in [1.165, 1.54) is 11.1 Å². The molecule has 108 valence electrons. The molecule has 2 heterocycles. The Morgan fingerprint density at radius 2 is 2.00 bits per heavy atom. The minimum atomic E-state index is 0.116. The average molecular weight is 308 g/mol. The molecule has 20 heavy (non-hydrogen) atoms. The summed E-state index contributed by atoms with van der Waals surface area (Å²) in [5.41, 5.74) is 2.50. The standard InChI is InChI=1S/C14H20N4S2/c1-9-6-11(8-16-14(3,4)5)7-15-12(9)20-13-18-17-10(2)19-13/h6-7,16H,8H2,1-5H3. The molecule has 2 rings (SSSR count). The largest absolute Gasteiger partial charge is 0.308 e. The first-order chi connectivity index (χ1) is 9.33. The molecule has 0 aliphatic heterocycles. The van der Waals surface area contributed by atoms with E-state index in [9.17, 15) is 0 Å². The van der Waals surface area contributed by atoms with Crippen LogP contribution in [0, 0.1) is 13.8 Å². The van der Waals surface area contributed by atoms with Crippen molar-refractivity contribution in [2.75, 3.05) is 0 Å². The zero-order chi connectivity index (χ0) is 14.8. The SMILES string of the molecule is Cc1nnc(Sc2ncc(CNC(C)(C)C)cc2C)s1. The van der Waals surface area contributed by atoms with Crippen molar-refractivity contribution in [2.45, 2.75) is 56.1 Å². The third kappa shape index (κ3) is 4.54. The molecule has 0 atom stereocenters. The van der Waals surface area contributed by atoms with E-state index >= 15 is 0 Å². The topological polar surface area (TPSA) is 50.7 Å². The Bertz CT molecular complexity index is 587. The molecule has 0 aliphatic carbocycles. The number of hydrogen-bond donors (Lipinski definition) is 1. The maximum Gasteiger partial charge on any atom is 0.180 e. The van der Waals surface area contributed by atoms with Crippen molar-refractivity contribution in [1.29, 1.82) is 0 Å². The summed E-state index contributed by atoms with van der Waals surface area (Å²) in [6, 6.07) is 2.18. The molecule has 6 heteroatoms. The van der Waals surface area contributed by atoms with E-state index in [-0.39, 0.29) is 5.54 Å². The Morgan fingerprint density at radius 3 is 2.55 bits per heavy atom. The Hall–Kier alpha value is -0.980. The van der Waals surface area contributed by atoms with Crippen molar-refractivity contribution >= 4 is 23.1 Å². The molecule has 0 saturated heterocycles. The molecule has 0 amide bonds. The van der Waals surface area contributed by atoms with Gasteiger partial charge < -0.3 is 5.32 Å². The van der Waals surface area contributed by atoms with Gasteiger partial charge in [0, 0.05) is 18.3 Å². The van der Waals surface area contributed by atoms with E-state index in [2.05, 4.69) is 54.3 Å². The van der Waals surface area contributed by atoms with Crippen molar-refractivity contribution in [3.05, 3.63) is 28.4 Å². The van der Waals surface area contributed by atoms with E-state index in [4.69, 9.17) is 0 Å². The Balaban J connectivity index is 2.06. The van der Waals surface area contributed by atoms with E-state index in [0.29, 0.717) is 0 Å². The predicted octanol–water partition coefficient (Wildman–Crippen LogP) is 3.59. The molecule has 0 spiro atoms. The van der Waals surface area contributed by atoms with Gasteiger partial charge in [-0.05, 0) is 57.5 Å². The monoisotopic (exact) mass is 308 g/mol. The predicted molar refractivity (Wildman–Crippen MR) is 84.3 cm³/mol. The van der Waals surface area contributed by atoms with Crippen LogP contribution in [0.15, 0.2) is 21.6 Å². The van der Waals surface area contributed by atoms with Gasteiger partial charge in [-0.3, -0.25) is 0 Å². The highest BCUT2D eigenvalue weighted by Gasteiger charge is 2.11. The number of nitrogens with one attached hydrogen (secondary N) is 1. The summed E-state index contributed by atoms with van der Waals surface area (Å²) in [6.07, 6.45) is 1.93. The normalized spacial score (nSPS) is 11.8. The van der Waals surface area contributed by atoms with Gasteiger partial charge >= 0.3 is 0 Å². The fourth-order valence-electron chi connectivity index (χ4n) is 1.59. The number of nitrogens with zero attached hydrogens (tertiary/aromatic N) is 3. The van der Waals surface area contributed by atoms with Crippen LogP contribution in [0.2, 0.25) is 0 Å². The fraction of sp³-hybridized carbons (Fsp3) is 0.500. The Morgan fingerprint density at radius 1 is 1.25 bits per heavy atom. The minimum Gasteiger partial charge on any atom is -0.308 e. The molecular weight excluding hydrogens is 288 g/mol. The van der Waals surface area contributed by atoms with Gasteiger partial charge in [-0.15, -0.1) is 10.2 Å². The van der Waals surface area contributed by atoms with Gasteiger partial charge in [0.15, 0.2) is 4.34 Å². The summed E-state index contributed by atoms with van der Waals surface area (Å²) >= 11 is 3.18. The summed E-state index contributed by atoms with van der Waals surface area (Å²) in [5.74, 6) is 0. The van der Waals surface area contributed by atoms with Gasteiger partial charge in [0.05, 0.1) is 0 Å². The third-order valence-corrected chi connectivity index (χ3v) is 4.61. The first kappa shape index (κ1) is 15.4. The lowest BCUT2D eigenvalue weighted by atomic mass is 10.1. The first-order valence-electron chi connectivity index (χ1n) is 6.52. The smallest absolute Gasteiger partial charge is 0.180 e. The Kier molecular flexibility index (Phi) is 4.78. The highest BCUT2D eigenvalue weighted by molar-refractivity contribution is 8.01. The first-order valence-corrected chi connectivity index (χ1v) is 8.15. The van der Waals surface area contributed by atoms with Crippen LogP contribution in [0.5, 0.6) is 0 Å². The number of pyridine rings is 1. The molecule has 0 radical (unpaired) electrons. The quantitative estimate of drug-likeness (QED) is 0.935. The van der Waals surface area contributed by atoms with Crippen LogP contribution in [0.3, 0.4) is 0 Å². The molecule has 4 nitrogen and oxygen atoms in total. The molecule has 0 aliphatic rings. The maximum absolute atomic E-state index is 4.55. The Labute approximate surface area is 128 Å².